The number of hydrogen-bond acceptors (Lipinski definition) is 5. The number of anilines is 1. The second-order valence-corrected chi connectivity index (χ2v) is 7.95. The Morgan fingerprint density at radius 1 is 1.11 bits per heavy atom. The molecule has 4 aromatic rings. The number of fused-ring (bicyclic) bond motifs is 1. The number of rotatable bonds is 5. The van der Waals surface area contributed by atoms with E-state index >= 15 is 0 Å². The van der Waals surface area contributed by atoms with Crippen LogP contribution in [0.3, 0.4) is 0 Å². The molecule has 2 aromatic carbocycles. The monoisotopic (exact) mass is 391 g/mol. The molecule has 1 N–H and O–H groups in total. The number of thioether (sulfide) groups is 1. The molecule has 0 spiro atoms. The number of amides is 1. The number of carbonyl (C=O) groups is 1. The molecule has 0 bridgehead atoms. The van der Waals surface area contributed by atoms with Gasteiger partial charge in [-0.1, -0.05) is 48.0 Å². The SMILES string of the molecule is Cc1ccc(-c2csc(NC(=O)CSc3cccc4cccnc34)n2)cc1. The van der Waals surface area contributed by atoms with E-state index in [-0.39, 0.29) is 5.91 Å². The van der Waals surface area contributed by atoms with Gasteiger partial charge in [0.15, 0.2) is 5.13 Å². The summed E-state index contributed by atoms with van der Waals surface area (Å²) >= 11 is 2.92. The van der Waals surface area contributed by atoms with Crippen molar-refractivity contribution in [1.82, 2.24) is 9.97 Å². The van der Waals surface area contributed by atoms with Gasteiger partial charge in [-0.25, -0.2) is 4.98 Å². The van der Waals surface area contributed by atoms with E-state index in [1.807, 2.05) is 47.8 Å². The molecule has 4 rings (SSSR count). The zero-order valence-corrected chi connectivity index (χ0v) is 16.3. The van der Waals surface area contributed by atoms with E-state index in [0.717, 1.165) is 27.1 Å². The zero-order valence-electron chi connectivity index (χ0n) is 14.7. The van der Waals surface area contributed by atoms with Crippen molar-refractivity contribution in [1.29, 1.82) is 0 Å². The summed E-state index contributed by atoms with van der Waals surface area (Å²) in [6.07, 6.45) is 1.77. The summed E-state index contributed by atoms with van der Waals surface area (Å²) < 4.78 is 0. The van der Waals surface area contributed by atoms with Gasteiger partial charge in [0.05, 0.1) is 17.0 Å². The van der Waals surface area contributed by atoms with Gasteiger partial charge in [-0.15, -0.1) is 23.1 Å². The molecule has 0 fully saturated rings. The van der Waals surface area contributed by atoms with Crippen LogP contribution in [0.25, 0.3) is 22.2 Å². The molecule has 1 amide bonds. The van der Waals surface area contributed by atoms with Crippen LogP contribution < -0.4 is 5.32 Å². The van der Waals surface area contributed by atoms with Gasteiger partial charge in [0.2, 0.25) is 5.91 Å². The first-order valence-corrected chi connectivity index (χ1v) is 10.3. The van der Waals surface area contributed by atoms with Crippen LogP contribution in [0.15, 0.2) is 71.1 Å². The molecule has 4 nitrogen and oxygen atoms in total. The van der Waals surface area contributed by atoms with E-state index in [4.69, 9.17) is 0 Å². The maximum Gasteiger partial charge on any atom is 0.236 e. The number of carbonyl (C=O) groups excluding carboxylic acids is 1. The Labute approximate surface area is 165 Å². The predicted molar refractivity (Wildman–Crippen MR) is 113 cm³/mol. The van der Waals surface area contributed by atoms with Crippen molar-refractivity contribution in [3.63, 3.8) is 0 Å². The minimum absolute atomic E-state index is 0.0715. The van der Waals surface area contributed by atoms with E-state index in [1.165, 1.54) is 28.7 Å². The molecule has 0 atom stereocenters. The van der Waals surface area contributed by atoms with Crippen LogP contribution >= 0.6 is 23.1 Å². The first-order valence-electron chi connectivity index (χ1n) is 8.48. The lowest BCUT2D eigenvalue weighted by atomic mass is 10.1. The molecule has 0 radical (unpaired) electrons. The van der Waals surface area contributed by atoms with Crippen LogP contribution in [0.1, 0.15) is 5.56 Å². The van der Waals surface area contributed by atoms with Gasteiger partial charge in [0.1, 0.15) is 0 Å². The molecule has 0 saturated heterocycles. The fourth-order valence-corrected chi connectivity index (χ4v) is 4.26. The van der Waals surface area contributed by atoms with Gasteiger partial charge < -0.3 is 5.32 Å². The maximum absolute atomic E-state index is 12.3. The smallest absolute Gasteiger partial charge is 0.236 e. The average molecular weight is 392 g/mol. The standard InChI is InChI=1S/C21H17N3OS2/c1-14-7-9-15(10-8-14)17-12-27-21(23-17)24-19(25)13-26-18-6-2-4-16-5-3-11-22-20(16)18/h2-12H,13H2,1H3,(H,23,24,25). The summed E-state index contributed by atoms with van der Waals surface area (Å²) in [5.74, 6) is 0.243. The first kappa shape index (κ1) is 17.7. The van der Waals surface area contributed by atoms with Gasteiger partial charge in [0, 0.05) is 27.4 Å². The topological polar surface area (TPSA) is 54.9 Å². The number of hydrogen-bond donors (Lipinski definition) is 1. The summed E-state index contributed by atoms with van der Waals surface area (Å²) in [5.41, 5.74) is 4.06. The molecule has 2 aromatic heterocycles. The minimum Gasteiger partial charge on any atom is -0.301 e. The lowest BCUT2D eigenvalue weighted by Crippen LogP contribution is -2.13. The van der Waals surface area contributed by atoms with Gasteiger partial charge in [-0.05, 0) is 19.1 Å². The van der Waals surface area contributed by atoms with E-state index in [2.05, 4.69) is 34.3 Å². The number of thiazole rings is 1. The second-order valence-electron chi connectivity index (χ2n) is 6.07. The number of pyridine rings is 1. The Balaban J connectivity index is 1.40. The summed E-state index contributed by atoms with van der Waals surface area (Å²) in [5, 5.41) is 6.54. The maximum atomic E-state index is 12.3. The third-order valence-electron chi connectivity index (χ3n) is 4.05. The van der Waals surface area contributed by atoms with Crippen LogP contribution in [0.2, 0.25) is 0 Å². The molecule has 0 saturated carbocycles. The Hall–Kier alpha value is -2.70. The Morgan fingerprint density at radius 2 is 1.93 bits per heavy atom. The largest absolute Gasteiger partial charge is 0.301 e. The molecule has 0 unspecified atom stereocenters. The highest BCUT2D eigenvalue weighted by molar-refractivity contribution is 8.00. The van der Waals surface area contributed by atoms with Crippen LogP contribution in [-0.2, 0) is 4.79 Å². The van der Waals surface area contributed by atoms with Crippen LogP contribution in [0.4, 0.5) is 5.13 Å². The molecule has 6 heteroatoms. The third kappa shape index (κ3) is 4.18. The number of nitrogens with one attached hydrogen (secondary N) is 1. The number of benzene rings is 2. The van der Waals surface area contributed by atoms with Crippen LogP contribution in [0, 0.1) is 6.92 Å². The third-order valence-corrected chi connectivity index (χ3v) is 5.86. The number of aryl methyl sites for hydroxylation is 1. The Morgan fingerprint density at radius 3 is 2.78 bits per heavy atom. The van der Waals surface area contributed by atoms with E-state index in [1.54, 1.807) is 6.20 Å². The van der Waals surface area contributed by atoms with E-state index < -0.39 is 0 Å². The predicted octanol–water partition coefficient (Wildman–Crippen LogP) is 5.40. The average Bonchev–Trinajstić information content (AvgIpc) is 3.15. The van der Waals surface area contributed by atoms with Gasteiger partial charge in [-0.3, -0.25) is 9.78 Å². The van der Waals surface area contributed by atoms with Gasteiger partial charge in [0.25, 0.3) is 0 Å². The van der Waals surface area contributed by atoms with Crippen molar-refractivity contribution in [2.45, 2.75) is 11.8 Å². The molecule has 27 heavy (non-hydrogen) atoms. The molecular formula is C21H17N3OS2. The molecule has 0 aliphatic carbocycles. The summed E-state index contributed by atoms with van der Waals surface area (Å²) in [6.45, 7) is 2.06. The van der Waals surface area contributed by atoms with Gasteiger partial charge in [-0.2, -0.15) is 0 Å². The molecule has 134 valence electrons. The minimum atomic E-state index is -0.0715. The first-order chi connectivity index (χ1) is 13.2. The normalized spacial score (nSPS) is 10.9. The zero-order chi connectivity index (χ0) is 18.6. The Kier molecular flexibility index (Phi) is 5.18. The van der Waals surface area contributed by atoms with Crippen molar-refractivity contribution in [3.8, 4) is 11.3 Å². The summed E-state index contributed by atoms with van der Waals surface area (Å²) in [6, 6.07) is 18.1. The van der Waals surface area contributed by atoms with Crippen molar-refractivity contribution in [2.24, 2.45) is 0 Å². The van der Waals surface area contributed by atoms with E-state index in [0.29, 0.717) is 10.9 Å². The fourth-order valence-electron chi connectivity index (χ4n) is 2.68. The highest BCUT2D eigenvalue weighted by atomic mass is 32.2. The second kappa shape index (κ2) is 7.90. The fraction of sp³-hybridized carbons (Fsp3) is 0.0952. The molecule has 0 aliphatic rings. The van der Waals surface area contributed by atoms with Crippen molar-refractivity contribution < 1.29 is 4.79 Å². The summed E-state index contributed by atoms with van der Waals surface area (Å²) in [7, 11) is 0. The highest BCUT2D eigenvalue weighted by Crippen LogP contribution is 2.27. The number of aromatic nitrogens is 2. The van der Waals surface area contributed by atoms with Gasteiger partial charge >= 0.3 is 0 Å². The van der Waals surface area contributed by atoms with Crippen molar-refractivity contribution in [3.05, 3.63) is 71.7 Å². The molecule has 0 aliphatic heterocycles. The lowest BCUT2D eigenvalue weighted by Gasteiger charge is -2.05. The molecular weight excluding hydrogens is 374 g/mol. The van der Waals surface area contributed by atoms with Crippen LogP contribution in [0.5, 0.6) is 0 Å². The van der Waals surface area contributed by atoms with Crippen molar-refractivity contribution >= 4 is 45.0 Å². The number of nitrogens with zero attached hydrogens (tertiary/aromatic N) is 2. The summed E-state index contributed by atoms with van der Waals surface area (Å²) in [4.78, 5) is 22.3. The van der Waals surface area contributed by atoms with Crippen molar-refractivity contribution in [2.75, 3.05) is 11.1 Å². The highest BCUT2D eigenvalue weighted by Gasteiger charge is 2.10. The quantitative estimate of drug-likeness (QED) is 0.463. The van der Waals surface area contributed by atoms with E-state index in [9.17, 15) is 4.79 Å². The van der Waals surface area contributed by atoms with Crippen LogP contribution in [-0.4, -0.2) is 21.6 Å². The Bertz CT molecular complexity index is 1080. The number of para-hydroxylation sites is 1. The molecule has 2 heterocycles. The lowest BCUT2D eigenvalue weighted by molar-refractivity contribution is -0.113.